The second-order valence-corrected chi connectivity index (χ2v) is 5.75. The second kappa shape index (κ2) is 6.71. The number of hydrogen-bond acceptors (Lipinski definition) is 3. The first-order valence-electron chi connectivity index (χ1n) is 7.87. The maximum Gasteiger partial charge on any atom is 0.253 e. The summed E-state index contributed by atoms with van der Waals surface area (Å²) in [5.74, 6) is 0.703. The van der Waals surface area contributed by atoms with E-state index in [0.29, 0.717) is 12.1 Å². The maximum absolute atomic E-state index is 12.7. The summed E-state index contributed by atoms with van der Waals surface area (Å²) in [7, 11) is 1.63. The molecule has 1 N–H and O–H groups in total. The summed E-state index contributed by atoms with van der Waals surface area (Å²) in [4.78, 5) is 17.2. The first-order valence-corrected chi connectivity index (χ1v) is 7.87. The van der Waals surface area contributed by atoms with Crippen LogP contribution in [-0.4, -0.2) is 18.0 Å². The Kier molecular flexibility index (Phi) is 4.47. The Morgan fingerprint density at radius 3 is 2.50 bits per heavy atom. The number of benzene rings is 2. The molecule has 0 fully saturated rings. The third-order valence-electron chi connectivity index (χ3n) is 4.17. The van der Waals surface area contributed by atoms with Crippen LogP contribution in [0.1, 0.15) is 27.2 Å². The molecular weight excluding hydrogens is 300 g/mol. The van der Waals surface area contributed by atoms with Crippen LogP contribution in [0.5, 0.6) is 5.75 Å². The molecule has 0 aliphatic heterocycles. The molecule has 0 saturated carbocycles. The lowest BCUT2D eigenvalue weighted by molar-refractivity contribution is 0.0949. The van der Waals surface area contributed by atoms with Crippen LogP contribution in [0.4, 0.5) is 0 Å². The molecule has 122 valence electrons. The smallest absolute Gasteiger partial charge is 0.253 e. The quantitative estimate of drug-likeness (QED) is 0.795. The number of fused-ring (bicyclic) bond motifs is 1. The molecule has 1 heterocycles. The van der Waals surface area contributed by atoms with Crippen molar-refractivity contribution in [3.63, 3.8) is 0 Å². The zero-order valence-corrected chi connectivity index (χ0v) is 14.1. The zero-order valence-electron chi connectivity index (χ0n) is 14.1. The molecule has 0 aliphatic rings. The van der Waals surface area contributed by atoms with E-state index in [4.69, 9.17) is 4.74 Å². The standard InChI is InChI=1S/C20H20N2O2/c1-13-17-6-4-5-7-18(17)22-14(2)19(13)20(23)21-12-15-8-10-16(24-3)11-9-15/h4-11H,12H2,1-3H3,(H,21,23). The van der Waals surface area contributed by atoms with Crippen LogP contribution in [0.2, 0.25) is 0 Å². The summed E-state index contributed by atoms with van der Waals surface area (Å²) in [6.07, 6.45) is 0. The monoisotopic (exact) mass is 320 g/mol. The van der Waals surface area contributed by atoms with Crippen molar-refractivity contribution in [2.45, 2.75) is 20.4 Å². The van der Waals surface area contributed by atoms with Crippen molar-refractivity contribution in [3.05, 3.63) is 70.9 Å². The van der Waals surface area contributed by atoms with Gasteiger partial charge in [-0.05, 0) is 43.2 Å². The molecule has 24 heavy (non-hydrogen) atoms. The van der Waals surface area contributed by atoms with Crippen LogP contribution < -0.4 is 10.1 Å². The van der Waals surface area contributed by atoms with Crippen molar-refractivity contribution >= 4 is 16.8 Å². The van der Waals surface area contributed by atoms with Gasteiger partial charge in [0.1, 0.15) is 5.75 Å². The van der Waals surface area contributed by atoms with Crippen LogP contribution >= 0.6 is 0 Å². The topological polar surface area (TPSA) is 51.2 Å². The summed E-state index contributed by atoms with van der Waals surface area (Å²) in [6, 6.07) is 15.5. The van der Waals surface area contributed by atoms with Crippen molar-refractivity contribution in [1.29, 1.82) is 0 Å². The highest BCUT2D eigenvalue weighted by Gasteiger charge is 2.15. The first-order chi connectivity index (χ1) is 11.6. The van der Waals surface area contributed by atoms with Crippen molar-refractivity contribution in [1.82, 2.24) is 10.3 Å². The predicted molar refractivity (Wildman–Crippen MR) is 95.4 cm³/mol. The number of rotatable bonds is 4. The molecule has 0 spiro atoms. The number of nitrogens with one attached hydrogen (secondary N) is 1. The van der Waals surface area contributed by atoms with Crippen molar-refractivity contribution in [3.8, 4) is 5.75 Å². The Morgan fingerprint density at radius 2 is 1.79 bits per heavy atom. The molecule has 0 aliphatic carbocycles. The van der Waals surface area contributed by atoms with Crippen molar-refractivity contribution in [2.24, 2.45) is 0 Å². The highest BCUT2D eigenvalue weighted by Crippen LogP contribution is 2.22. The number of aryl methyl sites for hydroxylation is 2. The minimum absolute atomic E-state index is 0.0981. The number of carbonyl (C=O) groups is 1. The van der Waals surface area contributed by atoms with Gasteiger partial charge in [0.05, 0.1) is 23.9 Å². The van der Waals surface area contributed by atoms with E-state index in [2.05, 4.69) is 10.3 Å². The summed E-state index contributed by atoms with van der Waals surface area (Å²) in [6.45, 7) is 4.32. The van der Waals surface area contributed by atoms with Crippen LogP contribution in [0.25, 0.3) is 10.9 Å². The van der Waals surface area contributed by atoms with Gasteiger partial charge in [-0.15, -0.1) is 0 Å². The normalized spacial score (nSPS) is 10.6. The molecule has 0 saturated heterocycles. The molecular formula is C20H20N2O2. The highest BCUT2D eigenvalue weighted by molar-refractivity contribution is 6.01. The van der Waals surface area contributed by atoms with Gasteiger partial charge in [0.15, 0.2) is 0 Å². The number of ether oxygens (including phenoxy) is 1. The molecule has 0 unspecified atom stereocenters. The molecule has 1 aromatic heterocycles. The van der Waals surface area contributed by atoms with Crippen LogP contribution in [0, 0.1) is 13.8 Å². The lowest BCUT2D eigenvalue weighted by atomic mass is 10.0. The predicted octanol–water partition coefficient (Wildman–Crippen LogP) is 3.79. The summed E-state index contributed by atoms with van der Waals surface area (Å²) in [5, 5.41) is 3.99. The largest absolute Gasteiger partial charge is 0.497 e. The molecule has 4 heteroatoms. The Balaban J connectivity index is 1.83. The molecule has 3 rings (SSSR count). The fourth-order valence-corrected chi connectivity index (χ4v) is 2.88. The van der Waals surface area contributed by atoms with Crippen LogP contribution in [0.3, 0.4) is 0 Å². The number of hydrogen-bond donors (Lipinski definition) is 1. The molecule has 1 amide bonds. The Labute approximate surface area is 141 Å². The van der Waals surface area contributed by atoms with Crippen LogP contribution in [0.15, 0.2) is 48.5 Å². The van der Waals surface area contributed by atoms with E-state index in [1.165, 1.54) is 0 Å². The second-order valence-electron chi connectivity index (χ2n) is 5.75. The molecule has 0 radical (unpaired) electrons. The Morgan fingerprint density at radius 1 is 1.08 bits per heavy atom. The minimum Gasteiger partial charge on any atom is -0.497 e. The summed E-state index contributed by atoms with van der Waals surface area (Å²) < 4.78 is 5.14. The van der Waals surface area contributed by atoms with Crippen LogP contribution in [-0.2, 0) is 6.54 Å². The third-order valence-corrected chi connectivity index (χ3v) is 4.17. The highest BCUT2D eigenvalue weighted by atomic mass is 16.5. The fraction of sp³-hybridized carbons (Fsp3) is 0.200. The number of amides is 1. The lowest BCUT2D eigenvalue weighted by Crippen LogP contribution is -2.25. The molecule has 4 nitrogen and oxygen atoms in total. The van der Waals surface area contributed by atoms with Gasteiger partial charge in [0, 0.05) is 11.9 Å². The minimum atomic E-state index is -0.0981. The van der Waals surface area contributed by atoms with E-state index in [-0.39, 0.29) is 5.91 Å². The van der Waals surface area contributed by atoms with Gasteiger partial charge in [-0.2, -0.15) is 0 Å². The first kappa shape index (κ1) is 16.0. The van der Waals surface area contributed by atoms with Gasteiger partial charge in [-0.25, -0.2) is 0 Å². The third kappa shape index (κ3) is 3.08. The van der Waals surface area contributed by atoms with Crippen molar-refractivity contribution in [2.75, 3.05) is 7.11 Å². The number of pyridine rings is 1. The van der Waals surface area contributed by atoms with E-state index in [9.17, 15) is 4.79 Å². The maximum atomic E-state index is 12.7. The number of aromatic nitrogens is 1. The van der Waals surface area contributed by atoms with E-state index >= 15 is 0 Å². The average molecular weight is 320 g/mol. The molecule has 0 atom stereocenters. The molecule has 3 aromatic rings. The SMILES string of the molecule is COc1ccc(CNC(=O)c2c(C)nc3ccccc3c2C)cc1. The zero-order chi connectivity index (χ0) is 17.1. The number of carbonyl (C=O) groups excluding carboxylic acids is 1. The Bertz CT molecular complexity index is 886. The van der Waals surface area contributed by atoms with E-state index < -0.39 is 0 Å². The Hall–Kier alpha value is -2.88. The van der Waals surface area contributed by atoms with E-state index in [0.717, 1.165) is 33.5 Å². The van der Waals surface area contributed by atoms with Gasteiger partial charge in [-0.1, -0.05) is 30.3 Å². The molecule has 0 bridgehead atoms. The van der Waals surface area contributed by atoms with E-state index in [1.54, 1.807) is 7.11 Å². The van der Waals surface area contributed by atoms with Gasteiger partial charge in [-0.3, -0.25) is 9.78 Å². The van der Waals surface area contributed by atoms with Gasteiger partial charge >= 0.3 is 0 Å². The van der Waals surface area contributed by atoms with Gasteiger partial charge in [0.25, 0.3) is 5.91 Å². The molecule has 2 aromatic carbocycles. The number of nitrogens with zero attached hydrogens (tertiary/aromatic N) is 1. The van der Waals surface area contributed by atoms with Crippen molar-refractivity contribution < 1.29 is 9.53 Å². The average Bonchev–Trinajstić information content (AvgIpc) is 2.60. The van der Waals surface area contributed by atoms with Gasteiger partial charge < -0.3 is 10.1 Å². The van der Waals surface area contributed by atoms with E-state index in [1.807, 2.05) is 62.4 Å². The van der Waals surface area contributed by atoms with Gasteiger partial charge in [0.2, 0.25) is 0 Å². The number of methoxy groups -OCH3 is 1. The lowest BCUT2D eigenvalue weighted by Gasteiger charge is -2.13. The fourth-order valence-electron chi connectivity index (χ4n) is 2.88. The number of para-hydroxylation sites is 1. The summed E-state index contributed by atoms with van der Waals surface area (Å²) in [5.41, 5.74) is 4.30. The summed E-state index contributed by atoms with van der Waals surface area (Å²) >= 11 is 0.